The maximum absolute atomic E-state index is 5.77. The lowest BCUT2D eigenvalue weighted by molar-refractivity contribution is 0.622. The van der Waals surface area contributed by atoms with E-state index in [0.29, 0.717) is 6.04 Å². The molecule has 0 bridgehead atoms. The third kappa shape index (κ3) is 2.15. The highest BCUT2D eigenvalue weighted by Crippen LogP contribution is 2.27. The summed E-state index contributed by atoms with van der Waals surface area (Å²) in [7, 11) is 0. The highest BCUT2D eigenvalue weighted by atomic mass is 15.2. The highest BCUT2D eigenvalue weighted by Gasteiger charge is 2.18. The van der Waals surface area contributed by atoms with Crippen molar-refractivity contribution in [2.24, 2.45) is 5.73 Å². The van der Waals surface area contributed by atoms with Crippen LogP contribution in [0.2, 0.25) is 0 Å². The first-order valence-electron chi connectivity index (χ1n) is 5.87. The summed E-state index contributed by atoms with van der Waals surface area (Å²) in [6.07, 6.45) is 3.79. The molecule has 1 unspecified atom stereocenters. The smallest absolute Gasteiger partial charge is 0.0401 e. The molecule has 1 aromatic carbocycles. The van der Waals surface area contributed by atoms with E-state index in [9.17, 15) is 0 Å². The molecule has 2 heteroatoms. The van der Waals surface area contributed by atoms with Crippen LogP contribution in [0, 0.1) is 0 Å². The Morgan fingerprint density at radius 3 is 2.93 bits per heavy atom. The average Bonchev–Trinajstić information content (AvgIpc) is 2.50. The predicted molar refractivity (Wildman–Crippen MR) is 65.2 cm³/mol. The number of benzene rings is 1. The van der Waals surface area contributed by atoms with Gasteiger partial charge in [-0.3, -0.25) is 0 Å². The van der Waals surface area contributed by atoms with Gasteiger partial charge in [-0.15, -0.1) is 0 Å². The summed E-state index contributed by atoms with van der Waals surface area (Å²) in [6.45, 7) is 4.09. The summed E-state index contributed by atoms with van der Waals surface area (Å²) >= 11 is 0. The monoisotopic (exact) mass is 204 g/mol. The fourth-order valence-electron chi connectivity index (χ4n) is 2.31. The number of fused-ring (bicyclic) bond motifs is 1. The minimum atomic E-state index is 0.448. The molecule has 2 N–H and O–H groups in total. The van der Waals surface area contributed by atoms with Crippen LogP contribution in [-0.4, -0.2) is 19.1 Å². The summed E-state index contributed by atoms with van der Waals surface area (Å²) in [5, 5.41) is 0. The van der Waals surface area contributed by atoms with Crippen molar-refractivity contribution >= 4 is 5.69 Å². The molecule has 0 saturated carbocycles. The molecule has 82 valence electrons. The number of aryl methyl sites for hydroxylation is 1. The van der Waals surface area contributed by atoms with Crippen LogP contribution in [0.5, 0.6) is 0 Å². The Labute approximate surface area is 92.1 Å². The van der Waals surface area contributed by atoms with Gasteiger partial charge < -0.3 is 10.6 Å². The Balaban J connectivity index is 2.32. The zero-order chi connectivity index (χ0) is 10.7. The third-order valence-corrected chi connectivity index (χ3v) is 3.27. The van der Waals surface area contributed by atoms with Crippen LogP contribution >= 0.6 is 0 Å². The molecule has 1 heterocycles. The molecule has 0 fully saturated rings. The molecule has 1 atom stereocenters. The second kappa shape index (κ2) is 4.67. The first-order chi connectivity index (χ1) is 7.33. The van der Waals surface area contributed by atoms with Crippen molar-refractivity contribution in [2.75, 3.05) is 18.0 Å². The van der Waals surface area contributed by atoms with Crippen molar-refractivity contribution in [3.8, 4) is 0 Å². The maximum Gasteiger partial charge on any atom is 0.0401 e. The van der Waals surface area contributed by atoms with Crippen LogP contribution in [-0.2, 0) is 6.42 Å². The molecule has 15 heavy (non-hydrogen) atoms. The first kappa shape index (κ1) is 10.5. The highest BCUT2D eigenvalue weighted by molar-refractivity contribution is 5.55. The lowest BCUT2D eigenvalue weighted by Crippen LogP contribution is -2.39. The predicted octanol–water partition coefficient (Wildman–Crippen LogP) is 2.18. The van der Waals surface area contributed by atoms with Crippen LogP contribution in [0.15, 0.2) is 24.3 Å². The molecule has 2 nitrogen and oxygen atoms in total. The van der Waals surface area contributed by atoms with Gasteiger partial charge in [0.25, 0.3) is 0 Å². The zero-order valence-corrected chi connectivity index (χ0v) is 9.45. The van der Waals surface area contributed by atoms with Crippen LogP contribution in [0.3, 0.4) is 0 Å². The number of hydrogen-bond donors (Lipinski definition) is 1. The van der Waals surface area contributed by atoms with E-state index in [4.69, 9.17) is 5.73 Å². The third-order valence-electron chi connectivity index (χ3n) is 3.27. The second-order valence-electron chi connectivity index (χ2n) is 4.36. The number of nitrogens with two attached hydrogens (primary N) is 1. The molecule has 0 saturated heterocycles. The van der Waals surface area contributed by atoms with Crippen molar-refractivity contribution < 1.29 is 0 Å². The number of rotatable bonds is 2. The van der Waals surface area contributed by atoms with Gasteiger partial charge >= 0.3 is 0 Å². The van der Waals surface area contributed by atoms with E-state index in [0.717, 1.165) is 13.1 Å². The quantitative estimate of drug-likeness (QED) is 0.800. The molecule has 1 aliphatic rings. The van der Waals surface area contributed by atoms with E-state index in [2.05, 4.69) is 36.1 Å². The van der Waals surface area contributed by atoms with E-state index in [1.807, 2.05) is 0 Å². The molecule has 0 radical (unpaired) electrons. The lowest BCUT2D eigenvalue weighted by Gasteiger charge is -2.30. The van der Waals surface area contributed by atoms with E-state index < -0.39 is 0 Å². The summed E-state index contributed by atoms with van der Waals surface area (Å²) in [6, 6.07) is 9.18. The Bertz CT molecular complexity index is 322. The fraction of sp³-hybridized carbons (Fsp3) is 0.538. The van der Waals surface area contributed by atoms with Gasteiger partial charge in [0.1, 0.15) is 0 Å². The van der Waals surface area contributed by atoms with Gasteiger partial charge in [-0.25, -0.2) is 0 Å². The Morgan fingerprint density at radius 2 is 2.13 bits per heavy atom. The summed E-state index contributed by atoms with van der Waals surface area (Å²) in [5.41, 5.74) is 8.65. The summed E-state index contributed by atoms with van der Waals surface area (Å²) in [4.78, 5) is 2.46. The van der Waals surface area contributed by atoms with Crippen LogP contribution in [0.1, 0.15) is 25.3 Å². The number of para-hydroxylation sites is 1. The van der Waals surface area contributed by atoms with Gasteiger partial charge in [-0.1, -0.05) is 18.2 Å². The van der Waals surface area contributed by atoms with E-state index in [1.165, 1.54) is 30.5 Å². The lowest BCUT2D eigenvalue weighted by atomic mass is 10.1. The van der Waals surface area contributed by atoms with Crippen LogP contribution in [0.4, 0.5) is 5.69 Å². The molecular formula is C13H20N2. The summed E-state index contributed by atoms with van der Waals surface area (Å²) in [5.74, 6) is 0. The molecule has 0 amide bonds. The number of hydrogen-bond acceptors (Lipinski definition) is 2. The Kier molecular flexibility index (Phi) is 3.27. The topological polar surface area (TPSA) is 29.3 Å². The minimum absolute atomic E-state index is 0.448. The van der Waals surface area contributed by atoms with Gasteiger partial charge in [0.05, 0.1) is 0 Å². The standard InChI is InChI=1S/C13H20N2/c1-11(10-14)15-9-5-4-7-12-6-2-3-8-13(12)15/h2-3,6,8,11H,4-5,7,9-10,14H2,1H3. The number of anilines is 1. The largest absolute Gasteiger partial charge is 0.367 e. The van der Waals surface area contributed by atoms with E-state index in [-0.39, 0.29) is 0 Å². The molecule has 1 aliphatic heterocycles. The zero-order valence-electron chi connectivity index (χ0n) is 9.45. The van der Waals surface area contributed by atoms with Crippen LogP contribution in [0.25, 0.3) is 0 Å². The van der Waals surface area contributed by atoms with Crippen molar-refractivity contribution in [3.05, 3.63) is 29.8 Å². The minimum Gasteiger partial charge on any atom is -0.367 e. The van der Waals surface area contributed by atoms with Gasteiger partial charge in [0, 0.05) is 24.8 Å². The molecule has 1 aromatic rings. The van der Waals surface area contributed by atoms with E-state index >= 15 is 0 Å². The van der Waals surface area contributed by atoms with Gasteiger partial charge in [0.2, 0.25) is 0 Å². The fourth-order valence-corrected chi connectivity index (χ4v) is 2.31. The van der Waals surface area contributed by atoms with Gasteiger partial charge in [-0.2, -0.15) is 0 Å². The van der Waals surface area contributed by atoms with Crippen molar-refractivity contribution in [2.45, 2.75) is 32.2 Å². The van der Waals surface area contributed by atoms with E-state index in [1.54, 1.807) is 0 Å². The first-order valence-corrected chi connectivity index (χ1v) is 5.87. The number of nitrogens with zero attached hydrogens (tertiary/aromatic N) is 1. The average molecular weight is 204 g/mol. The second-order valence-corrected chi connectivity index (χ2v) is 4.36. The molecule has 0 spiro atoms. The molecule has 2 rings (SSSR count). The van der Waals surface area contributed by atoms with Gasteiger partial charge in [0.15, 0.2) is 0 Å². The van der Waals surface area contributed by atoms with Crippen molar-refractivity contribution in [1.29, 1.82) is 0 Å². The van der Waals surface area contributed by atoms with Crippen molar-refractivity contribution in [3.63, 3.8) is 0 Å². The van der Waals surface area contributed by atoms with Crippen molar-refractivity contribution in [1.82, 2.24) is 0 Å². The molecular weight excluding hydrogens is 184 g/mol. The molecule has 0 aromatic heterocycles. The summed E-state index contributed by atoms with van der Waals surface area (Å²) < 4.78 is 0. The van der Waals surface area contributed by atoms with Gasteiger partial charge in [-0.05, 0) is 37.8 Å². The SMILES string of the molecule is CC(CN)N1CCCCc2ccccc21. The molecule has 0 aliphatic carbocycles. The normalized spacial score (nSPS) is 18.1. The Hall–Kier alpha value is -1.02. The van der Waals surface area contributed by atoms with Crippen LogP contribution < -0.4 is 10.6 Å². The Morgan fingerprint density at radius 1 is 1.33 bits per heavy atom. The maximum atomic E-state index is 5.77.